The lowest BCUT2D eigenvalue weighted by atomic mass is 10.2. The average molecular weight is 321 g/mol. The van der Waals surface area contributed by atoms with Crippen LogP contribution in [0.4, 0.5) is 0 Å². The zero-order valence-corrected chi connectivity index (χ0v) is 13.3. The summed E-state index contributed by atoms with van der Waals surface area (Å²) in [6.45, 7) is 2.20. The van der Waals surface area contributed by atoms with Crippen LogP contribution < -0.4 is 0 Å². The van der Waals surface area contributed by atoms with Crippen LogP contribution in [0.5, 0.6) is 0 Å². The molecular weight excluding hydrogens is 302 g/mol. The largest absolute Gasteiger partial charge is 0.336 e. The van der Waals surface area contributed by atoms with Gasteiger partial charge in [0.1, 0.15) is 0 Å². The molecule has 0 radical (unpaired) electrons. The van der Waals surface area contributed by atoms with Crippen molar-refractivity contribution in [3.63, 3.8) is 0 Å². The summed E-state index contributed by atoms with van der Waals surface area (Å²) < 4.78 is 0. The Hall–Kier alpha value is -2.95. The second-order valence-corrected chi connectivity index (χ2v) is 5.60. The van der Waals surface area contributed by atoms with Gasteiger partial charge in [-0.1, -0.05) is 30.3 Å². The van der Waals surface area contributed by atoms with E-state index in [9.17, 15) is 9.59 Å². The van der Waals surface area contributed by atoms with Gasteiger partial charge in [0.15, 0.2) is 0 Å². The molecule has 0 atom stereocenters. The standard InChI is InChI=1S/C19H19N3O2/c23-18(7-6-16-4-2-1-3-5-16)21-12-14-22(15-13-21)19(24)17-8-10-20-11-9-17/h1-11H,12-15H2/b7-6+. The first-order valence-electron chi connectivity index (χ1n) is 7.95. The van der Waals surface area contributed by atoms with Crippen LogP contribution >= 0.6 is 0 Å². The van der Waals surface area contributed by atoms with Crippen molar-refractivity contribution in [1.82, 2.24) is 14.8 Å². The number of carbonyl (C=O) groups excluding carboxylic acids is 2. The van der Waals surface area contributed by atoms with E-state index < -0.39 is 0 Å². The smallest absolute Gasteiger partial charge is 0.254 e. The first-order chi connectivity index (χ1) is 11.7. The normalized spacial score (nSPS) is 14.8. The fraction of sp³-hybridized carbons (Fsp3) is 0.211. The van der Waals surface area contributed by atoms with Gasteiger partial charge in [-0.05, 0) is 23.8 Å². The average Bonchev–Trinajstić information content (AvgIpc) is 2.67. The third kappa shape index (κ3) is 3.87. The monoisotopic (exact) mass is 321 g/mol. The van der Waals surface area contributed by atoms with Crippen LogP contribution in [0.2, 0.25) is 0 Å². The summed E-state index contributed by atoms with van der Waals surface area (Å²) in [6, 6.07) is 13.1. The molecule has 0 spiro atoms. The number of benzene rings is 1. The van der Waals surface area contributed by atoms with E-state index >= 15 is 0 Å². The second-order valence-electron chi connectivity index (χ2n) is 5.60. The van der Waals surface area contributed by atoms with E-state index in [1.807, 2.05) is 36.4 Å². The molecule has 1 aromatic carbocycles. The van der Waals surface area contributed by atoms with E-state index in [0.717, 1.165) is 5.56 Å². The van der Waals surface area contributed by atoms with Crippen molar-refractivity contribution < 1.29 is 9.59 Å². The Morgan fingerprint density at radius 1 is 0.875 bits per heavy atom. The molecule has 0 bridgehead atoms. The van der Waals surface area contributed by atoms with E-state index in [0.29, 0.717) is 31.7 Å². The topological polar surface area (TPSA) is 53.5 Å². The van der Waals surface area contributed by atoms with E-state index in [-0.39, 0.29) is 11.8 Å². The number of piperazine rings is 1. The Morgan fingerprint density at radius 3 is 2.17 bits per heavy atom. The van der Waals surface area contributed by atoms with Gasteiger partial charge in [0.25, 0.3) is 5.91 Å². The summed E-state index contributed by atoms with van der Waals surface area (Å²) in [5.41, 5.74) is 1.63. The van der Waals surface area contributed by atoms with E-state index in [2.05, 4.69) is 4.98 Å². The highest BCUT2D eigenvalue weighted by molar-refractivity contribution is 5.95. The summed E-state index contributed by atoms with van der Waals surface area (Å²) in [7, 11) is 0. The van der Waals surface area contributed by atoms with Gasteiger partial charge < -0.3 is 9.80 Å². The van der Waals surface area contributed by atoms with E-state index in [1.54, 1.807) is 40.4 Å². The maximum Gasteiger partial charge on any atom is 0.254 e. The second kappa shape index (κ2) is 7.55. The molecule has 1 fully saturated rings. The number of pyridine rings is 1. The molecule has 2 heterocycles. The first-order valence-corrected chi connectivity index (χ1v) is 7.95. The van der Waals surface area contributed by atoms with Crippen LogP contribution in [0.25, 0.3) is 6.08 Å². The third-order valence-electron chi connectivity index (χ3n) is 4.02. The van der Waals surface area contributed by atoms with Crippen LogP contribution in [-0.2, 0) is 4.79 Å². The van der Waals surface area contributed by atoms with Gasteiger partial charge in [0.2, 0.25) is 5.91 Å². The lowest BCUT2D eigenvalue weighted by molar-refractivity contribution is -0.127. The Balaban J connectivity index is 1.54. The van der Waals surface area contributed by atoms with Crippen molar-refractivity contribution in [2.24, 2.45) is 0 Å². The molecule has 1 aliphatic rings. The fourth-order valence-corrected chi connectivity index (χ4v) is 2.64. The summed E-state index contributed by atoms with van der Waals surface area (Å²) in [6.07, 6.45) is 6.63. The number of hydrogen-bond donors (Lipinski definition) is 0. The lowest BCUT2D eigenvalue weighted by Gasteiger charge is -2.34. The van der Waals surface area contributed by atoms with Crippen LogP contribution in [-0.4, -0.2) is 52.8 Å². The molecule has 0 aliphatic carbocycles. The predicted octanol–water partition coefficient (Wildman–Crippen LogP) is 2.08. The number of hydrogen-bond acceptors (Lipinski definition) is 3. The van der Waals surface area contributed by atoms with Crippen molar-refractivity contribution in [1.29, 1.82) is 0 Å². The molecule has 1 aliphatic heterocycles. The summed E-state index contributed by atoms with van der Waals surface area (Å²) in [5, 5.41) is 0. The minimum atomic E-state index is -0.0186. The molecular formula is C19H19N3O2. The molecule has 3 rings (SSSR count). The predicted molar refractivity (Wildman–Crippen MR) is 92.2 cm³/mol. The molecule has 2 aromatic rings. The van der Waals surface area contributed by atoms with Gasteiger partial charge in [-0.25, -0.2) is 0 Å². The highest BCUT2D eigenvalue weighted by Crippen LogP contribution is 2.09. The highest BCUT2D eigenvalue weighted by Gasteiger charge is 2.23. The molecule has 0 N–H and O–H groups in total. The zero-order valence-electron chi connectivity index (χ0n) is 13.3. The molecule has 0 unspecified atom stereocenters. The molecule has 24 heavy (non-hydrogen) atoms. The Labute approximate surface area is 141 Å². The van der Waals surface area contributed by atoms with Gasteiger partial charge in [0.05, 0.1) is 0 Å². The molecule has 122 valence electrons. The van der Waals surface area contributed by atoms with Gasteiger partial charge >= 0.3 is 0 Å². The third-order valence-corrected chi connectivity index (χ3v) is 4.02. The quantitative estimate of drug-likeness (QED) is 0.813. The summed E-state index contributed by atoms with van der Waals surface area (Å²) in [4.78, 5) is 32.1. The number of aromatic nitrogens is 1. The number of nitrogens with zero attached hydrogens (tertiary/aromatic N) is 3. The van der Waals surface area contributed by atoms with E-state index in [4.69, 9.17) is 0 Å². The molecule has 2 amide bonds. The Morgan fingerprint density at radius 2 is 1.50 bits per heavy atom. The van der Waals surface area contributed by atoms with Gasteiger partial charge in [-0.2, -0.15) is 0 Å². The molecule has 1 saturated heterocycles. The molecule has 5 heteroatoms. The van der Waals surface area contributed by atoms with Gasteiger partial charge in [-0.15, -0.1) is 0 Å². The van der Waals surface area contributed by atoms with Crippen LogP contribution in [0, 0.1) is 0 Å². The van der Waals surface area contributed by atoms with Crippen molar-refractivity contribution in [2.45, 2.75) is 0 Å². The van der Waals surface area contributed by atoms with Crippen molar-refractivity contribution in [2.75, 3.05) is 26.2 Å². The molecule has 1 aromatic heterocycles. The molecule has 5 nitrogen and oxygen atoms in total. The fourth-order valence-electron chi connectivity index (χ4n) is 2.64. The maximum absolute atomic E-state index is 12.4. The molecule has 0 saturated carbocycles. The van der Waals surface area contributed by atoms with Crippen LogP contribution in [0.3, 0.4) is 0 Å². The van der Waals surface area contributed by atoms with Gasteiger partial charge in [0, 0.05) is 50.2 Å². The Kier molecular flexibility index (Phi) is 5.01. The minimum absolute atomic E-state index is 0.00988. The van der Waals surface area contributed by atoms with Gasteiger partial charge in [-0.3, -0.25) is 14.6 Å². The van der Waals surface area contributed by atoms with Crippen LogP contribution in [0.1, 0.15) is 15.9 Å². The summed E-state index contributed by atoms with van der Waals surface area (Å²) >= 11 is 0. The Bertz CT molecular complexity index is 721. The maximum atomic E-state index is 12.4. The van der Waals surface area contributed by atoms with Crippen LogP contribution in [0.15, 0.2) is 60.9 Å². The number of amides is 2. The van der Waals surface area contributed by atoms with Crippen molar-refractivity contribution in [3.05, 3.63) is 72.1 Å². The van der Waals surface area contributed by atoms with Crippen molar-refractivity contribution >= 4 is 17.9 Å². The number of carbonyl (C=O) groups is 2. The first kappa shape index (κ1) is 15.9. The SMILES string of the molecule is O=C(/C=C/c1ccccc1)N1CCN(C(=O)c2ccncc2)CC1. The van der Waals surface area contributed by atoms with E-state index in [1.165, 1.54) is 0 Å². The lowest BCUT2D eigenvalue weighted by Crippen LogP contribution is -2.50. The summed E-state index contributed by atoms with van der Waals surface area (Å²) in [5.74, 6) is -0.0285. The van der Waals surface area contributed by atoms with Crippen molar-refractivity contribution in [3.8, 4) is 0 Å². The minimum Gasteiger partial charge on any atom is -0.336 e. The number of rotatable bonds is 3. The highest BCUT2D eigenvalue weighted by atomic mass is 16.2. The zero-order chi connectivity index (χ0) is 16.8.